The molecule has 1 aromatic carbocycles. The van der Waals surface area contributed by atoms with Crippen molar-refractivity contribution in [2.75, 3.05) is 37.0 Å². The highest BCUT2D eigenvalue weighted by Gasteiger charge is 2.37. The van der Waals surface area contributed by atoms with Crippen LogP contribution in [-0.4, -0.2) is 59.2 Å². The van der Waals surface area contributed by atoms with Crippen LogP contribution in [0, 0.1) is 5.92 Å². The normalized spacial score (nSPS) is 19.6. The zero-order valence-corrected chi connectivity index (χ0v) is 20.5. The molecule has 34 heavy (non-hydrogen) atoms. The Balaban J connectivity index is 1.41. The molecule has 1 aromatic heterocycles. The van der Waals surface area contributed by atoms with E-state index >= 15 is 0 Å². The number of amides is 3. The zero-order valence-electron chi connectivity index (χ0n) is 19.7. The first kappa shape index (κ1) is 24.2. The van der Waals surface area contributed by atoms with Crippen molar-refractivity contribution in [3.8, 4) is 5.75 Å². The minimum Gasteiger partial charge on any atom is -0.494 e. The van der Waals surface area contributed by atoms with Gasteiger partial charge in [-0.1, -0.05) is 6.07 Å². The zero-order chi connectivity index (χ0) is 24.1. The molecular weight excluding hydrogens is 452 g/mol. The summed E-state index contributed by atoms with van der Waals surface area (Å²) in [5.74, 6) is 1.63. The van der Waals surface area contributed by atoms with Crippen molar-refractivity contribution < 1.29 is 14.3 Å². The van der Waals surface area contributed by atoms with Crippen molar-refractivity contribution in [1.29, 1.82) is 0 Å². The molecule has 2 N–H and O–H groups in total. The highest BCUT2D eigenvalue weighted by molar-refractivity contribution is 7.98. The number of anilines is 1. The van der Waals surface area contributed by atoms with E-state index in [-0.39, 0.29) is 29.3 Å². The molecule has 2 bridgehead atoms. The number of likely N-dealkylation sites (tertiary alicyclic amines) is 1. The van der Waals surface area contributed by atoms with Crippen molar-refractivity contribution in [3.05, 3.63) is 58.5 Å². The van der Waals surface area contributed by atoms with E-state index in [1.54, 1.807) is 40.9 Å². The summed E-state index contributed by atoms with van der Waals surface area (Å²) in [6, 6.07) is 11.7. The predicted molar refractivity (Wildman–Crippen MR) is 135 cm³/mol. The molecule has 8 nitrogen and oxygen atoms in total. The summed E-state index contributed by atoms with van der Waals surface area (Å²) in [6.07, 6.45) is 3.49. The van der Waals surface area contributed by atoms with Gasteiger partial charge in [-0.3, -0.25) is 9.59 Å². The average molecular weight is 485 g/mol. The Morgan fingerprint density at radius 3 is 2.68 bits per heavy atom. The Morgan fingerprint density at radius 2 is 1.94 bits per heavy atom. The number of carbonyl (C=O) groups excluding carboxylic acids is 2. The van der Waals surface area contributed by atoms with Crippen LogP contribution in [0.25, 0.3) is 0 Å². The molecule has 0 aliphatic carbocycles. The van der Waals surface area contributed by atoms with E-state index in [1.165, 1.54) is 0 Å². The monoisotopic (exact) mass is 484 g/mol. The van der Waals surface area contributed by atoms with Crippen molar-refractivity contribution in [1.82, 2.24) is 14.8 Å². The van der Waals surface area contributed by atoms with Gasteiger partial charge in [-0.2, -0.15) is 11.8 Å². The Labute approximate surface area is 204 Å². The van der Waals surface area contributed by atoms with Gasteiger partial charge in [0, 0.05) is 43.0 Å². The molecule has 2 aliphatic heterocycles. The first-order chi connectivity index (χ1) is 16.5. The SMILES string of the molecule is CCOc1ccc(NC(=O)[C@H](CCSC)NC(=O)N2CC3C[C@H](C2)Cn2c3cccc2=O)cc1. The number of aromatic nitrogens is 1. The lowest BCUT2D eigenvalue weighted by atomic mass is 9.83. The molecule has 3 heterocycles. The van der Waals surface area contributed by atoms with Crippen molar-refractivity contribution >= 4 is 29.4 Å². The first-order valence-corrected chi connectivity index (χ1v) is 13.2. The maximum atomic E-state index is 13.2. The number of nitrogens with one attached hydrogen (secondary N) is 2. The van der Waals surface area contributed by atoms with Gasteiger partial charge in [0.2, 0.25) is 5.91 Å². The van der Waals surface area contributed by atoms with Gasteiger partial charge in [-0.05, 0) is 68.0 Å². The number of fused-ring (bicyclic) bond motifs is 4. The van der Waals surface area contributed by atoms with Gasteiger partial charge in [0.25, 0.3) is 5.56 Å². The largest absolute Gasteiger partial charge is 0.494 e. The molecule has 0 radical (unpaired) electrons. The maximum Gasteiger partial charge on any atom is 0.318 e. The minimum absolute atomic E-state index is 0.0215. The number of hydrogen-bond donors (Lipinski definition) is 2. The van der Waals surface area contributed by atoms with E-state index < -0.39 is 6.04 Å². The van der Waals surface area contributed by atoms with Crippen LogP contribution in [0.3, 0.4) is 0 Å². The maximum absolute atomic E-state index is 13.2. The summed E-state index contributed by atoms with van der Waals surface area (Å²) in [6.45, 7) is 4.25. The van der Waals surface area contributed by atoms with Crippen molar-refractivity contribution in [3.63, 3.8) is 0 Å². The molecule has 3 amide bonds. The predicted octanol–water partition coefficient (Wildman–Crippen LogP) is 3.14. The van der Waals surface area contributed by atoms with Gasteiger partial charge in [-0.15, -0.1) is 0 Å². The molecule has 1 saturated heterocycles. The lowest BCUT2D eigenvalue weighted by molar-refractivity contribution is -0.118. The second-order valence-electron chi connectivity index (χ2n) is 8.83. The number of ether oxygens (including phenoxy) is 1. The lowest BCUT2D eigenvalue weighted by Gasteiger charge is -2.43. The molecule has 9 heteroatoms. The molecule has 182 valence electrons. The summed E-state index contributed by atoms with van der Waals surface area (Å²) in [5.41, 5.74) is 1.67. The molecular formula is C25H32N4O4S. The third-order valence-electron chi connectivity index (χ3n) is 6.42. The molecule has 0 saturated carbocycles. The smallest absolute Gasteiger partial charge is 0.318 e. The lowest BCUT2D eigenvalue weighted by Crippen LogP contribution is -2.55. The van der Waals surface area contributed by atoms with Gasteiger partial charge in [0.05, 0.1) is 6.61 Å². The molecule has 1 unspecified atom stereocenters. The van der Waals surface area contributed by atoms with Crippen LogP contribution in [0.15, 0.2) is 47.3 Å². The Kier molecular flexibility index (Phi) is 7.82. The highest BCUT2D eigenvalue weighted by Crippen LogP contribution is 2.34. The summed E-state index contributed by atoms with van der Waals surface area (Å²) < 4.78 is 7.30. The van der Waals surface area contributed by atoms with Crippen LogP contribution < -0.4 is 20.9 Å². The van der Waals surface area contributed by atoms with Gasteiger partial charge in [-0.25, -0.2) is 4.79 Å². The quantitative estimate of drug-likeness (QED) is 0.601. The molecule has 1 fully saturated rings. The molecule has 3 atom stereocenters. The Hall–Kier alpha value is -2.94. The first-order valence-electron chi connectivity index (χ1n) is 11.8. The number of benzene rings is 1. The fourth-order valence-corrected chi connectivity index (χ4v) is 5.31. The number of carbonyl (C=O) groups is 2. The topological polar surface area (TPSA) is 92.7 Å². The average Bonchev–Trinajstić information content (AvgIpc) is 2.83. The van der Waals surface area contributed by atoms with Crippen LogP contribution in [-0.2, 0) is 11.3 Å². The molecule has 0 spiro atoms. The van der Waals surface area contributed by atoms with E-state index in [1.807, 2.05) is 35.9 Å². The van der Waals surface area contributed by atoms with E-state index in [2.05, 4.69) is 10.6 Å². The third kappa shape index (κ3) is 5.58. The number of rotatable bonds is 8. The summed E-state index contributed by atoms with van der Waals surface area (Å²) in [7, 11) is 0. The Morgan fingerprint density at radius 1 is 1.15 bits per heavy atom. The highest BCUT2D eigenvalue weighted by atomic mass is 32.2. The number of piperidine rings is 1. The second-order valence-corrected chi connectivity index (χ2v) is 9.82. The fourth-order valence-electron chi connectivity index (χ4n) is 4.84. The van der Waals surface area contributed by atoms with Crippen LogP contribution >= 0.6 is 11.8 Å². The number of urea groups is 1. The molecule has 2 aromatic rings. The van der Waals surface area contributed by atoms with Crippen molar-refractivity contribution in [2.24, 2.45) is 5.92 Å². The van der Waals surface area contributed by atoms with Gasteiger partial charge in [0.15, 0.2) is 0 Å². The number of pyridine rings is 1. The number of thioether (sulfide) groups is 1. The van der Waals surface area contributed by atoms with Gasteiger partial charge in [0.1, 0.15) is 11.8 Å². The number of nitrogens with zero attached hydrogens (tertiary/aromatic N) is 2. The Bertz CT molecular complexity index is 1070. The summed E-state index contributed by atoms with van der Waals surface area (Å²) >= 11 is 1.64. The molecule has 2 aliphatic rings. The summed E-state index contributed by atoms with van der Waals surface area (Å²) in [5, 5.41) is 5.88. The minimum atomic E-state index is -0.636. The summed E-state index contributed by atoms with van der Waals surface area (Å²) in [4.78, 5) is 40.3. The van der Waals surface area contributed by atoms with E-state index in [0.29, 0.717) is 38.3 Å². The second kappa shape index (κ2) is 11.0. The third-order valence-corrected chi connectivity index (χ3v) is 7.07. The van der Waals surface area contributed by atoms with Gasteiger partial charge < -0.3 is 24.8 Å². The van der Waals surface area contributed by atoms with Gasteiger partial charge >= 0.3 is 6.03 Å². The van der Waals surface area contributed by atoms with E-state index in [4.69, 9.17) is 4.74 Å². The number of hydrogen-bond acceptors (Lipinski definition) is 5. The van der Waals surface area contributed by atoms with Crippen molar-refractivity contribution in [2.45, 2.75) is 38.3 Å². The van der Waals surface area contributed by atoms with Crippen LogP contribution in [0.1, 0.15) is 31.4 Å². The fraction of sp³-hybridized carbons (Fsp3) is 0.480. The van der Waals surface area contributed by atoms with E-state index in [9.17, 15) is 14.4 Å². The standard InChI is InChI=1S/C25H32N4O4S/c1-3-33-20-9-7-19(8-10-20)26-24(31)21(11-12-34-2)27-25(32)28-14-17-13-18(16-28)22-5-4-6-23(30)29(22)15-17/h4-10,17-18,21H,3,11-16H2,1-2H3,(H,26,31)(H,27,32)/t17-,18?,21+/m1/s1. The van der Waals surface area contributed by atoms with Crippen LogP contribution in [0.2, 0.25) is 0 Å². The van der Waals surface area contributed by atoms with Crippen LogP contribution in [0.5, 0.6) is 5.75 Å². The molecule has 4 rings (SSSR count). The van der Waals surface area contributed by atoms with E-state index in [0.717, 1.165) is 23.6 Å². The van der Waals surface area contributed by atoms with Crippen LogP contribution in [0.4, 0.5) is 10.5 Å².